The van der Waals surface area contributed by atoms with E-state index >= 15 is 0 Å². The van der Waals surface area contributed by atoms with Gasteiger partial charge in [-0.1, -0.05) is 53.7 Å². The van der Waals surface area contributed by atoms with Gasteiger partial charge in [-0.3, -0.25) is 0 Å². The van der Waals surface area contributed by atoms with E-state index in [1.165, 1.54) is 5.56 Å². The van der Waals surface area contributed by atoms with E-state index < -0.39 is 6.10 Å². The molecular formula is C17H27O3. The van der Waals surface area contributed by atoms with Crippen molar-refractivity contribution in [1.29, 1.82) is 0 Å². The van der Waals surface area contributed by atoms with E-state index in [0.29, 0.717) is 0 Å². The van der Waals surface area contributed by atoms with Crippen LogP contribution in [0.5, 0.6) is 5.75 Å². The summed E-state index contributed by atoms with van der Waals surface area (Å²) in [6.45, 7) is 13.7. The van der Waals surface area contributed by atoms with Crippen molar-refractivity contribution in [3.63, 3.8) is 0 Å². The van der Waals surface area contributed by atoms with Crippen molar-refractivity contribution in [3.05, 3.63) is 35.9 Å². The summed E-state index contributed by atoms with van der Waals surface area (Å²) in [4.78, 5) is 0. The first-order valence-corrected chi connectivity index (χ1v) is 6.99. The van der Waals surface area contributed by atoms with Gasteiger partial charge in [0.2, 0.25) is 0 Å². The average molecular weight is 279 g/mol. The van der Waals surface area contributed by atoms with Crippen LogP contribution in [-0.2, 0) is 10.8 Å². The quantitative estimate of drug-likeness (QED) is 0.886. The van der Waals surface area contributed by atoms with E-state index in [9.17, 15) is 5.11 Å². The van der Waals surface area contributed by atoms with Gasteiger partial charge in [0, 0.05) is 0 Å². The number of hydrogen-bond donors (Lipinski definition) is 2. The molecule has 1 atom stereocenters. The smallest absolute Gasteiger partial charge is 0.123 e. The van der Waals surface area contributed by atoms with E-state index in [1.54, 1.807) is 0 Å². The monoisotopic (exact) mass is 279 g/mol. The van der Waals surface area contributed by atoms with Crippen LogP contribution >= 0.6 is 0 Å². The highest BCUT2D eigenvalue weighted by atomic mass is 16.5. The maximum atomic E-state index is 9.37. The van der Waals surface area contributed by atoms with Crippen molar-refractivity contribution in [2.75, 3.05) is 6.61 Å². The Hall–Kier alpha value is -1.06. The topological polar surface area (TPSA) is 49.7 Å². The molecule has 113 valence electrons. The highest BCUT2D eigenvalue weighted by Gasteiger charge is 2.23. The average Bonchev–Trinajstić information content (AvgIpc) is 2.33. The molecule has 0 aliphatic heterocycles. The highest BCUT2D eigenvalue weighted by Crippen LogP contribution is 2.35. The van der Waals surface area contributed by atoms with Gasteiger partial charge in [0.05, 0.1) is 0 Å². The molecule has 0 saturated heterocycles. The van der Waals surface area contributed by atoms with E-state index in [4.69, 9.17) is 9.84 Å². The van der Waals surface area contributed by atoms with Crippen LogP contribution in [0.3, 0.4) is 0 Å². The van der Waals surface area contributed by atoms with Crippen LogP contribution < -0.4 is 4.74 Å². The van der Waals surface area contributed by atoms with Crippen molar-refractivity contribution in [2.24, 2.45) is 0 Å². The molecule has 1 aromatic carbocycles. The zero-order valence-electron chi connectivity index (χ0n) is 13.4. The van der Waals surface area contributed by atoms with Gasteiger partial charge in [-0.25, -0.2) is 0 Å². The van der Waals surface area contributed by atoms with Crippen LogP contribution in [0.1, 0.15) is 52.7 Å². The second-order valence-corrected chi connectivity index (χ2v) is 7.24. The van der Waals surface area contributed by atoms with E-state index in [1.807, 2.05) is 6.07 Å². The molecule has 3 heteroatoms. The minimum absolute atomic E-state index is 0.0500. The molecular weight excluding hydrogens is 252 g/mol. The Morgan fingerprint density at radius 3 is 2.15 bits per heavy atom. The van der Waals surface area contributed by atoms with Crippen LogP contribution in [0.4, 0.5) is 0 Å². The predicted octanol–water partition coefficient (Wildman–Crippen LogP) is 3.56. The Morgan fingerprint density at radius 2 is 1.70 bits per heavy atom. The van der Waals surface area contributed by atoms with Gasteiger partial charge in [0.25, 0.3) is 0 Å². The van der Waals surface area contributed by atoms with E-state index in [2.05, 4.69) is 53.7 Å². The molecule has 0 amide bonds. The fraction of sp³-hybridized carbons (Fsp3) is 0.588. The Bertz CT molecular complexity index is 439. The van der Waals surface area contributed by atoms with Crippen molar-refractivity contribution in [2.45, 2.75) is 58.5 Å². The van der Waals surface area contributed by atoms with Gasteiger partial charge in [-0.15, -0.1) is 0 Å². The molecule has 1 rings (SSSR count). The van der Waals surface area contributed by atoms with Crippen molar-refractivity contribution in [3.8, 4) is 5.75 Å². The number of aliphatic hydroxyl groups excluding tert-OH is 2. The standard InChI is InChI=1S/C17H27O3/c1-16(2,3)12-7-8-15(20-11-13(19)10-18)14(9-12)17(4,5)6/h7-10,13,18-19H,11H2,1-6H3. The number of aliphatic hydroxyl groups is 2. The third kappa shape index (κ3) is 4.50. The number of benzene rings is 1. The molecule has 0 aliphatic rings. The summed E-state index contributed by atoms with van der Waals surface area (Å²) in [5.41, 5.74) is 2.39. The lowest BCUT2D eigenvalue weighted by Crippen LogP contribution is -2.21. The first-order chi connectivity index (χ1) is 9.05. The molecule has 3 nitrogen and oxygen atoms in total. The van der Waals surface area contributed by atoms with Gasteiger partial charge < -0.3 is 14.9 Å². The van der Waals surface area contributed by atoms with Gasteiger partial charge in [-0.05, 0) is 28.0 Å². The second kappa shape index (κ2) is 6.15. The number of ether oxygens (including phenoxy) is 1. The van der Waals surface area contributed by atoms with Crippen molar-refractivity contribution >= 4 is 0 Å². The normalized spacial score (nSPS) is 14.2. The third-order valence-electron chi connectivity index (χ3n) is 3.24. The summed E-state index contributed by atoms with van der Waals surface area (Å²) >= 11 is 0. The minimum atomic E-state index is -0.967. The van der Waals surface area contributed by atoms with Crippen LogP contribution in [0, 0.1) is 6.61 Å². The molecule has 0 saturated carbocycles. The largest absolute Gasteiger partial charge is 0.490 e. The molecule has 0 aromatic heterocycles. The Labute approximate surface area is 122 Å². The zero-order chi connectivity index (χ0) is 15.6. The number of rotatable bonds is 4. The Kier molecular flexibility index (Phi) is 5.22. The molecule has 20 heavy (non-hydrogen) atoms. The number of hydrogen-bond acceptors (Lipinski definition) is 3. The van der Waals surface area contributed by atoms with Crippen LogP contribution in [-0.4, -0.2) is 22.9 Å². The van der Waals surface area contributed by atoms with Crippen LogP contribution in [0.2, 0.25) is 0 Å². The molecule has 1 aromatic rings. The molecule has 0 heterocycles. The Morgan fingerprint density at radius 1 is 1.10 bits per heavy atom. The fourth-order valence-electron chi connectivity index (χ4n) is 1.93. The SMILES string of the molecule is CC(C)(C)c1ccc(OCC(O)[CH]O)c(C(C)(C)C)c1. The molecule has 0 bridgehead atoms. The van der Waals surface area contributed by atoms with Gasteiger partial charge in [-0.2, -0.15) is 0 Å². The lowest BCUT2D eigenvalue weighted by atomic mass is 9.80. The second-order valence-electron chi connectivity index (χ2n) is 7.24. The lowest BCUT2D eigenvalue weighted by molar-refractivity contribution is 0.0906. The zero-order valence-corrected chi connectivity index (χ0v) is 13.4. The lowest BCUT2D eigenvalue weighted by Gasteiger charge is -2.27. The van der Waals surface area contributed by atoms with Gasteiger partial charge in [0.15, 0.2) is 0 Å². The summed E-state index contributed by atoms with van der Waals surface area (Å²) in [6.07, 6.45) is -0.967. The van der Waals surface area contributed by atoms with Crippen LogP contribution in [0.25, 0.3) is 0 Å². The predicted molar refractivity (Wildman–Crippen MR) is 81.6 cm³/mol. The summed E-state index contributed by atoms with van der Waals surface area (Å²) in [5.74, 6) is 0.756. The fourth-order valence-corrected chi connectivity index (χ4v) is 1.93. The maximum absolute atomic E-state index is 9.37. The summed E-state index contributed by atoms with van der Waals surface area (Å²) < 4.78 is 5.64. The molecule has 1 radical (unpaired) electrons. The van der Waals surface area contributed by atoms with Gasteiger partial charge >= 0.3 is 0 Å². The molecule has 1 unspecified atom stereocenters. The van der Waals surface area contributed by atoms with Crippen LogP contribution in [0.15, 0.2) is 18.2 Å². The van der Waals surface area contributed by atoms with E-state index in [-0.39, 0.29) is 17.4 Å². The maximum Gasteiger partial charge on any atom is 0.123 e. The van der Waals surface area contributed by atoms with Gasteiger partial charge in [0.1, 0.15) is 25.1 Å². The molecule has 0 spiro atoms. The van der Waals surface area contributed by atoms with Crippen molar-refractivity contribution in [1.82, 2.24) is 0 Å². The highest BCUT2D eigenvalue weighted by molar-refractivity contribution is 5.43. The van der Waals surface area contributed by atoms with E-state index in [0.717, 1.165) is 17.9 Å². The minimum Gasteiger partial charge on any atom is -0.490 e. The first-order valence-electron chi connectivity index (χ1n) is 6.99. The summed E-state index contributed by atoms with van der Waals surface area (Å²) in [7, 11) is 0. The summed E-state index contributed by atoms with van der Waals surface area (Å²) in [6, 6.07) is 6.18. The Balaban J connectivity index is 3.12. The first kappa shape index (κ1) is 17.0. The molecule has 0 aliphatic carbocycles. The third-order valence-corrected chi connectivity index (χ3v) is 3.24. The molecule has 2 N–H and O–H groups in total. The molecule has 0 fully saturated rings. The summed E-state index contributed by atoms with van der Waals surface area (Å²) in [5, 5.41) is 18.1. The van der Waals surface area contributed by atoms with Crippen molar-refractivity contribution < 1.29 is 14.9 Å².